The average Bonchev–Trinajstić information content (AvgIpc) is 3.37. The SMILES string of the molecule is C1=C2C(=C[C@@H]3C[C@H]13)C(CC1c3ccccc3-c3ccccc31)c1ccccc12. The molecule has 0 spiro atoms. The Labute approximate surface area is 166 Å². The van der Waals surface area contributed by atoms with Crippen LogP contribution in [0.4, 0.5) is 0 Å². The van der Waals surface area contributed by atoms with E-state index in [-0.39, 0.29) is 0 Å². The van der Waals surface area contributed by atoms with Crippen LogP contribution in [0.25, 0.3) is 16.7 Å². The summed E-state index contributed by atoms with van der Waals surface area (Å²) in [5.74, 6) is 2.62. The molecule has 134 valence electrons. The molecule has 7 rings (SSSR count). The van der Waals surface area contributed by atoms with E-state index in [1.54, 1.807) is 16.7 Å². The zero-order chi connectivity index (χ0) is 18.2. The Morgan fingerprint density at radius 2 is 1.11 bits per heavy atom. The van der Waals surface area contributed by atoms with Gasteiger partial charge < -0.3 is 0 Å². The first-order valence-corrected chi connectivity index (χ1v) is 10.6. The van der Waals surface area contributed by atoms with Gasteiger partial charge in [0, 0.05) is 11.8 Å². The molecule has 4 aliphatic carbocycles. The number of hydrogen-bond donors (Lipinski definition) is 0. The summed E-state index contributed by atoms with van der Waals surface area (Å²) in [5.41, 5.74) is 12.1. The van der Waals surface area contributed by atoms with E-state index in [1.165, 1.54) is 40.7 Å². The highest BCUT2D eigenvalue weighted by molar-refractivity contribution is 5.90. The Hall–Kier alpha value is -2.86. The molecule has 0 radical (unpaired) electrons. The normalized spacial score (nSPS) is 25.8. The molecule has 1 fully saturated rings. The predicted octanol–water partition coefficient (Wildman–Crippen LogP) is 6.95. The zero-order valence-corrected chi connectivity index (χ0v) is 15.8. The fourth-order valence-corrected chi connectivity index (χ4v) is 6.02. The van der Waals surface area contributed by atoms with E-state index in [2.05, 4.69) is 84.9 Å². The van der Waals surface area contributed by atoms with Gasteiger partial charge in [-0.05, 0) is 69.2 Å². The van der Waals surface area contributed by atoms with Crippen LogP contribution in [0.5, 0.6) is 0 Å². The second-order valence-electron chi connectivity index (χ2n) is 8.87. The Morgan fingerprint density at radius 3 is 1.79 bits per heavy atom. The van der Waals surface area contributed by atoms with Gasteiger partial charge >= 0.3 is 0 Å². The van der Waals surface area contributed by atoms with Gasteiger partial charge in [0.25, 0.3) is 0 Å². The van der Waals surface area contributed by atoms with Gasteiger partial charge in [-0.1, -0.05) is 84.9 Å². The van der Waals surface area contributed by atoms with Crippen molar-refractivity contribution in [2.24, 2.45) is 11.8 Å². The lowest BCUT2D eigenvalue weighted by atomic mass is 9.81. The van der Waals surface area contributed by atoms with Gasteiger partial charge in [-0.3, -0.25) is 0 Å². The van der Waals surface area contributed by atoms with Crippen LogP contribution in [0.15, 0.2) is 90.5 Å². The molecule has 3 aromatic carbocycles. The molecule has 0 N–H and O–H groups in total. The summed E-state index contributed by atoms with van der Waals surface area (Å²) in [4.78, 5) is 0. The Kier molecular flexibility index (Phi) is 2.89. The number of allylic oxidation sites excluding steroid dienone is 4. The average molecular weight is 358 g/mol. The first-order chi connectivity index (χ1) is 13.9. The fourth-order valence-electron chi connectivity index (χ4n) is 6.02. The van der Waals surface area contributed by atoms with Crippen molar-refractivity contribution in [3.8, 4) is 11.1 Å². The molecule has 1 saturated carbocycles. The smallest absolute Gasteiger partial charge is 0.0111 e. The molecular weight excluding hydrogens is 336 g/mol. The first kappa shape index (κ1) is 15.1. The Morgan fingerprint density at radius 1 is 0.571 bits per heavy atom. The molecule has 0 heterocycles. The molecular formula is C28H22. The highest BCUT2D eigenvalue weighted by Crippen LogP contribution is 2.59. The van der Waals surface area contributed by atoms with Crippen LogP contribution in [0.2, 0.25) is 0 Å². The van der Waals surface area contributed by atoms with Crippen LogP contribution in [-0.2, 0) is 0 Å². The zero-order valence-electron chi connectivity index (χ0n) is 15.8. The van der Waals surface area contributed by atoms with Gasteiger partial charge in [-0.25, -0.2) is 0 Å². The monoisotopic (exact) mass is 358 g/mol. The summed E-state index contributed by atoms with van der Waals surface area (Å²) in [5, 5.41) is 0. The molecule has 3 aromatic rings. The second-order valence-corrected chi connectivity index (χ2v) is 8.87. The molecule has 0 saturated heterocycles. The molecule has 4 aliphatic rings. The predicted molar refractivity (Wildman–Crippen MR) is 115 cm³/mol. The molecule has 0 aliphatic heterocycles. The second kappa shape index (κ2) is 5.35. The largest absolute Gasteiger partial charge is 0.0764 e. The quantitative estimate of drug-likeness (QED) is 0.465. The van der Waals surface area contributed by atoms with Crippen LogP contribution in [0.3, 0.4) is 0 Å². The van der Waals surface area contributed by atoms with Gasteiger partial charge in [0.05, 0.1) is 0 Å². The number of benzene rings is 3. The van der Waals surface area contributed by atoms with Gasteiger partial charge in [0.1, 0.15) is 0 Å². The van der Waals surface area contributed by atoms with Gasteiger partial charge in [-0.15, -0.1) is 0 Å². The van der Waals surface area contributed by atoms with E-state index in [0.29, 0.717) is 11.8 Å². The number of rotatable bonds is 2. The summed E-state index contributed by atoms with van der Waals surface area (Å²) in [6, 6.07) is 27.2. The van der Waals surface area contributed by atoms with Crippen LogP contribution >= 0.6 is 0 Å². The van der Waals surface area contributed by atoms with Crippen LogP contribution < -0.4 is 0 Å². The lowest BCUT2D eigenvalue weighted by Gasteiger charge is -2.22. The van der Waals surface area contributed by atoms with Crippen LogP contribution in [0, 0.1) is 11.8 Å². The molecule has 1 unspecified atom stereocenters. The molecule has 28 heavy (non-hydrogen) atoms. The van der Waals surface area contributed by atoms with E-state index in [0.717, 1.165) is 11.8 Å². The van der Waals surface area contributed by atoms with Crippen molar-refractivity contribution in [1.29, 1.82) is 0 Å². The van der Waals surface area contributed by atoms with E-state index in [9.17, 15) is 0 Å². The maximum absolute atomic E-state index is 2.62. The van der Waals surface area contributed by atoms with Gasteiger partial charge in [0.2, 0.25) is 0 Å². The van der Waals surface area contributed by atoms with E-state index < -0.39 is 0 Å². The Balaban J connectivity index is 1.38. The van der Waals surface area contributed by atoms with Gasteiger partial charge in [0.15, 0.2) is 0 Å². The highest BCUT2D eigenvalue weighted by atomic mass is 14.5. The summed E-state index contributed by atoms with van der Waals surface area (Å²) < 4.78 is 0. The minimum atomic E-state index is 0.489. The topological polar surface area (TPSA) is 0 Å². The molecule has 0 nitrogen and oxygen atoms in total. The van der Waals surface area contributed by atoms with Crippen molar-refractivity contribution in [3.63, 3.8) is 0 Å². The van der Waals surface area contributed by atoms with E-state index in [1.807, 2.05) is 0 Å². The third kappa shape index (κ3) is 1.96. The molecule has 3 atom stereocenters. The highest BCUT2D eigenvalue weighted by Gasteiger charge is 2.44. The van der Waals surface area contributed by atoms with Crippen LogP contribution in [0.1, 0.15) is 46.9 Å². The summed E-state index contributed by atoms with van der Waals surface area (Å²) in [6.07, 6.45) is 7.73. The van der Waals surface area contributed by atoms with Crippen LogP contribution in [-0.4, -0.2) is 0 Å². The molecule has 0 aromatic heterocycles. The maximum Gasteiger partial charge on any atom is 0.0111 e. The lowest BCUT2D eigenvalue weighted by molar-refractivity contribution is 0.659. The van der Waals surface area contributed by atoms with Crippen molar-refractivity contribution in [1.82, 2.24) is 0 Å². The number of fused-ring (bicyclic) bond motifs is 7. The van der Waals surface area contributed by atoms with Crippen molar-refractivity contribution in [3.05, 3.63) is 113 Å². The molecule has 0 bridgehead atoms. The third-order valence-electron chi connectivity index (χ3n) is 7.41. The van der Waals surface area contributed by atoms with Crippen molar-refractivity contribution < 1.29 is 0 Å². The maximum atomic E-state index is 2.62. The minimum absolute atomic E-state index is 0.489. The van der Waals surface area contributed by atoms with Crippen molar-refractivity contribution >= 4 is 5.57 Å². The minimum Gasteiger partial charge on any atom is -0.0764 e. The fraction of sp³-hybridized carbons (Fsp3) is 0.214. The summed E-state index contributed by atoms with van der Waals surface area (Å²) >= 11 is 0. The summed E-state index contributed by atoms with van der Waals surface area (Å²) in [6.45, 7) is 0. The summed E-state index contributed by atoms with van der Waals surface area (Å²) in [7, 11) is 0. The van der Waals surface area contributed by atoms with Crippen molar-refractivity contribution in [2.45, 2.75) is 24.7 Å². The molecule has 0 heteroatoms. The molecule has 0 amide bonds. The van der Waals surface area contributed by atoms with E-state index in [4.69, 9.17) is 0 Å². The third-order valence-corrected chi connectivity index (χ3v) is 7.41. The van der Waals surface area contributed by atoms with E-state index >= 15 is 0 Å². The standard InChI is InChI=1S/C28H22/c1-3-9-21-19(7-1)20-8-2-4-10-22(20)27(21)16-28-24-12-6-5-11-23(24)25-14-17-13-18(17)15-26(25)28/h1-12,14-15,17-18,27-28H,13,16H2/t17-,18+,28?/m1/s1. The van der Waals surface area contributed by atoms with Gasteiger partial charge in [-0.2, -0.15) is 0 Å². The Bertz CT molecular complexity index is 1150. The number of hydrogen-bond acceptors (Lipinski definition) is 0. The van der Waals surface area contributed by atoms with Crippen molar-refractivity contribution in [2.75, 3.05) is 0 Å². The first-order valence-electron chi connectivity index (χ1n) is 10.6. The lowest BCUT2D eigenvalue weighted by Crippen LogP contribution is -2.06.